The number of hydrogen-bond donors (Lipinski definition) is 1. The number of piperidine rings is 1. The molecule has 108 valence electrons. The van der Waals surface area contributed by atoms with E-state index in [0.717, 1.165) is 37.1 Å². The highest BCUT2D eigenvalue weighted by molar-refractivity contribution is 5.75. The third-order valence-electron chi connectivity index (χ3n) is 4.32. The minimum Gasteiger partial charge on any atom is -0.493 e. The van der Waals surface area contributed by atoms with Gasteiger partial charge in [0.1, 0.15) is 5.75 Å². The van der Waals surface area contributed by atoms with Crippen LogP contribution in [0.25, 0.3) is 0 Å². The molecule has 2 heterocycles. The van der Waals surface area contributed by atoms with Crippen molar-refractivity contribution in [2.24, 2.45) is 0 Å². The molecule has 1 fully saturated rings. The Hall–Kier alpha value is -1.71. The van der Waals surface area contributed by atoms with Crippen molar-refractivity contribution in [1.82, 2.24) is 10.2 Å². The molecule has 2 amide bonds. The first-order valence-electron chi connectivity index (χ1n) is 7.54. The van der Waals surface area contributed by atoms with Crippen molar-refractivity contribution in [1.29, 1.82) is 0 Å². The SMILES string of the molecule is CC1CCCCN1C(=O)NC1CCOc2ccccc21. The molecule has 0 aliphatic carbocycles. The third-order valence-corrected chi connectivity index (χ3v) is 4.32. The molecule has 2 aliphatic rings. The molecule has 0 radical (unpaired) electrons. The summed E-state index contributed by atoms with van der Waals surface area (Å²) in [4.78, 5) is 14.4. The number of urea groups is 1. The zero-order chi connectivity index (χ0) is 13.9. The van der Waals surface area contributed by atoms with Crippen LogP contribution in [0.3, 0.4) is 0 Å². The molecule has 1 N–H and O–H groups in total. The van der Waals surface area contributed by atoms with E-state index in [2.05, 4.69) is 12.2 Å². The van der Waals surface area contributed by atoms with Crippen molar-refractivity contribution < 1.29 is 9.53 Å². The van der Waals surface area contributed by atoms with Gasteiger partial charge in [0, 0.05) is 24.6 Å². The topological polar surface area (TPSA) is 41.6 Å². The lowest BCUT2D eigenvalue weighted by atomic mass is 10.0. The fourth-order valence-electron chi connectivity index (χ4n) is 3.12. The van der Waals surface area contributed by atoms with Gasteiger partial charge in [0.2, 0.25) is 0 Å². The Morgan fingerprint density at radius 1 is 1.30 bits per heavy atom. The molecule has 4 heteroatoms. The maximum absolute atomic E-state index is 12.5. The predicted octanol–water partition coefficient (Wildman–Crippen LogP) is 3.09. The van der Waals surface area contributed by atoms with Crippen LogP contribution in [0.4, 0.5) is 4.79 Å². The van der Waals surface area contributed by atoms with Crippen LogP contribution >= 0.6 is 0 Å². The van der Waals surface area contributed by atoms with Gasteiger partial charge >= 0.3 is 6.03 Å². The van der Waals surface area contributed by atoms with Crippen molar-refractivity contribution in [3.05, 3.63) is 29.8 Å². The summed E-state index contributed by atoms with van der Waals surface area (Å²) < 4.78 is 5.64. The maximum Gasteiger partial charge on any atom is 0.318 e. The van der Waals surface area contributed by atoms with Crippen molar-refractivity contribution in [2.75, 3.05) is 13.2 Å². The number of carbonyl (C=O) groups is 1. The number of fused-ring (bicyclic) bond motifs is 1. The Balaban J connectivity index is 1.70. The van der Waals surface area contributed by atoms with Crippen molar-refractivity contribution >= 4 is 6.03 Å². The number of benzene rings is 1. The van der Waals surface area contributed by atoms with E-state index in [0.29, 0.717) is 12.6 Å². The normalized spacial score (nSPS) is 25.6. The minimum absolute atomic E-state index is 0.0684. The molecule has 1 aromatic rings. The van der Waals surface area contributed by atoms with Gasteiger partial charge in [-0.2, -0.15) is 0 Å². The number of hydrogen-bond acceptors (Lipinski definition) is 2. The smallest absolute Gasteiger partial charge is 0.318 e. The Labute approximate surface area is 120 Å². The fourth-order valence-corrected chi connectivity index (χ4v) is 3.12. The lowest BCUT2D eigenvalue weighted by Gasteiger charge is -2.35. The monoisotopic (exact) mass is 274 g/mol. The largest absolute Gasteiger partial charge is 0.493 e. The second-order valence-electron chi connectivity index (χ2n) is 5.72. The van der Waals surface area contributed by atoms with Gasteiger partial charge in [-0.25, -0.2) is 4.79 Å². The Morgan fingerprint density at radius 3 is 3.00 bits per heavy atom. The molecule has 1 saturated heterocycles. The number of carbonyl (C=O) groups excluding carboxylic acids is 1. The number of rotatable bonds is 1. The molecule has 0 aromatic heterocycles. The van der Waals surface area contributed by atoms with Gasteiger partial charge in [0.05, 0.1) is 12.6 Å². The highest BCUT2D eigenvalue weighted by Crippen LogP contribution is 2.31. The van der Waals surface area contributed by atoms with Crippen molar-refractivity contribution in [2.45, 2.75) is 44.7 Å². The Morgan fingerprint density at radius 2 is 2.15 bits per heavy atom. The lowest BCUT2D eigenvalue weighted by molar-refractivity contribution is 0.151. The van der Waals surface area contributed by atoms with E-state index in [1.165, 1.54) is 6.42 Å². The van der Waals surface area contributed by atoms with Gasteiger partial charge in [0.15, 0.2) is 0 Å². The summed E-state index contributed by atoms with van der Waals surface area (Å²) in [6.07, 6.45) is 4.29. The van der Waals surface area contributed by atoms with Crippen LogP contribution in [0.1, 0.15) is 44.2 Å². The zero-order valence-electron chi connectivity index (χ0n) is 12.0. The standard InChI is InChI=1S/C16H22N2O2/c1-12-6-4-5-10-18(12)16(19)17-14-9-11-20-15-8-3-2-7-13(14)15/h2-3,7-8,12,14H,4-6,9-11H2,1H3,(H,17,19). The molecular formula is C16H22N2O2. The minimum atomic E-state index is 0.0684. The molecule has 2 unspecified atom stereocenters. The summed E-state index contributed by atoms with van der Waals surface area (Å²) >= 11 is 0. The average Bonchev–Trinajstić information content (AvgIpc) is 2.48. The fraction of sp³-hybridized carbons (Fsp3) is 0.562. The highest BCUT2D eigenvalue weighted by Gasteiger charge is 2.27. The maximum atomic E-state index is 12.5. The average molecular weight is 274 g/mol. The van der Waals surface area contributed by atoms with Crippen LogP contribution in [-0.2, 0) is 0 Å². The number of para-hydroxylation sites is 1. The van der Waals surface area contributed by atoms with Crippen LogP contribution in [0.5, 0.6) is 5.75 Å². The molecule has 4 nitrogen and oxygen atoms in total. The van der Waals surface area contributed by atoms with Crippen molar-refractivity contribution in [3.63, 3.8) is 0 Å². The van der Waals surface area contributed by atoms with E-state index >= 15 is 0 Å². The van der Waals surface area contributed by atoms with Crippen LogP contribution in [0.15, 0.2) is 24.3 Å². The molecular weight excluding hydrogens is 252 g/mol. The lowest BCUT2D eigenvalue weighted by Crippen LogP contribution is -2.48. The van der Waals surface area contributed by atoms with Crippen LogP contribution in [0, 0.1) is 0 Å². The Bertz CT molecular complexity index is 489. The number of likely N-dealkylation sites (tertiary alicyclic amines) is 1. The van der Waals surface area contributed by atoms with Gasteiger partial charge in [-0.1, -0.05) is 18.2 Å². The van der Waals surface area contributed by atoms with Gasteiger partial charge in [-0.3, -0.25) is 0 Å². The molecule has 0 bridgehead atoms. The second-order valence-corrected chi connectivity index (χ2v) is 5.72. The first-order valence-corrected chi connectivity index (χ1v) is 7.54. The third kappa shape index (κ3) is 2.60. The predicted molar refractivity (Wildman–Crippen MR) is 77.8 cm³/mol. The van der Waals surface area contributed by atoms with E-state index in [4.69, 9.17) is 4.74 Å². The molecule has 3 rings (SSSR count). The van der Waals surface area contributed by atoms with E-state index in [1.54, 1.807) is 0 Å². The number of nitrogens with one attached hydrogen (secondary N) is 1. The second kappa shape index (κ2) is 5.73. The van der Waals surface area contributed by atoms with E-state index in [1.807, 2.05) is 29.2 Å². The van der Waals surface area contributed by atoms with Gasteiger partial charge in [-0.15, -0.1) is 0 Å². The van der Waals surface area contributed by atoms with Crippen molar-refractivity contribution in [3.8, 4) is 5.75 Å². The van der Waals surface area contributed by atoms with E-state index in [9.17, 15) is 4.79 Å². The first-order chi connectivity index (χ1) is 9.75. The quantitative estimate of drug-likeness (QED) is 0.855. The molecule has 1 aromatic carbocycles. The summed E-state index contributed by atoms with van der Waals surface area (Å²) in [6, 6.07) is 8.46. The summed E-state index contributed by atoms with van der Waals surface area (Å²) in [5, 5.41) is 3.18. The molecule has 0 spiro atoms. The number of amides is 2. The van der Waals surface area contributed by atoms with Crippen LogP contribution < -0.4 is 10.1 Å². The molecule has 0 saturated carbocycles. The van der Waals surface area contributed by atoms with Gasteiger partial charge in [-0.05, 0) is 32.3 Å². The first kappa shape index (κ1) is 13.3. The number of nitrogens with zero attached hydrogens (tertiary/aromatic N) is 1. The summed E-state index contributed by atoms with van der Waals surface area (Å²) in [6.45, 7) is 3.67. The van der Waals surface area contributed by atoms with Crippen LogP contribution in [0.2, 0.25) is 0 Å². The Kier molecular flexibility index (Phi) is 3.81. The van der Waals surface area contributed by atoms with Gasteiger partial charge in [0.25, 0.3) is 0 Å². The molecule has 2 aliphatic heterocycles. The summed E-state index contributed by atoms with van der Waals surface area (Å²) in [7, 11) is 0. The zero-order valence-corrected chi connectivity index (χ0v) is 12.0. The summed E-state index contributed by atoms with van der Waals surface area (Å²) in [5.41, 5.74) is 1.09. The molecule has 2 atom stereocenters. The van der Waals surface area contributed by atoms with Crippen LogP contribution in [-0.4, -0.2) is 30.1 Å². The number of ether oxygens (including phenoxy) is 1. The molecule has 20 heavy (non-hydrogen) atoms. The van der Waals surface area contributed by atoms with E-state index in [-0.39, 0.29) is 12.1 Å². The van der Waals surface area contributed by atoms with E-state index < -0.39 is 0 Å². The highest BCUT2D eigenvalue weighted by atomic mass is 16.5. The van der Waals surface area contributed by atoms with Gasteiger partial charge < -0.3 is 15.0 Å². The summed E-state index contributed by atoms with van der Waals surface area (Å²) in [5.74, 6) is 0.899.